The predicted octanol–water partition coefficient (Wildman–Crippen LogP) is 8.64. The van der Waals surface area contributed by atoms with Crippen LogP contribution in [0.4, 0.5) is 0 Å². The zero-order valence-electron chi connectivity index (χ0n) is 17.9. The lowest BCUT2D eigenvalue weighted by Gasteiger charge is -2.14. The smallest absolute Gasteiger partial charge is 0.0184 e. The molecule has 2 rings (SSSR count). The molecule has 0 N–H and O–H groups in total. The molecule has 0 heterocycles. The minimum atomic E-state index is 0.657. The zero-order chi connectivity index (χ0) is 19.2. The Hall–Kier alpha value is -1.56. The van der Waals surface area contributed by atoms with E-state index in [1.54, 1.807) is 0 Å². The molecule has 0 radical (unpaired) electrons. The van der Waals surface area contributed by atoms with E-state index < -0.39 is 0 Å². The van der Waals surface area contributed by atoms with E-state index >= 15 is 0 Å². The maximum atomic E-state index is 2.34. The van der Waals surface area contributed by atoms with Crippen molar-refractivity contribution in [1.82, 2.24) is 0 Å². The van der Waals surface area contributed by atoms with Gasteiger partial charge in [0, 0.05) is 0 Å². The van der Waals surface area contributed by atoms with Crippen LogP contribution in [0.25, 0.3) is 11.1 Å². The van der Waals surface area contributed by atoms with Gasteiger partial charge in [-0.3, -0.25) is 0 Å². The van der Waals surface area contributed by atoms with Gasteiger partial charge < -0.3 is 0 Å². The van der Waals surface area contributed by atoms with Crippen molar-refractivity contribution in [3.8, 4) is 11.1 Å². The second kappa shape index (κ2) is 13.7. The van der Waals surface area contributed by atoms with Gasteiger partial charge in [0.25, 0.3) is 0 Å². The Morgan fingerprint density at radius 3 is 1.48 bits per heavy atom. The first-order chi connectivity index (χ1) is 12.0. The molecular weight excluding hydrogens is 300 g/mol. The normalized spacial score (nSPS) is 11.1. The summed E-state index contributed by atoms with van der Waals surface area (Å²) in [6.45, 7) is 17.3. The lowest BCUT2D eigenvalue weighted by molar-refractivity contribution is 0.517. The molecule has 0 saturated heterocycles. The van der Waals surface area contributed by atoms with E-state index in [4.69, 9.17) is 0 Å². The molecule has 2 aromatic carbocycles. The molecule has 0 bridgehead atoms. The van der Waals surface area contributed by atoms with Crippen LogP contribution in [-0.2, 0) is 0 Å². The number of benzene rings is 2. The Morgan fingerprint density at radius 2 is 1.08 bits per heavy atom. The Balaban J connectivity index is 0.00000104. The van der Waals surface area contributed by atoms with Gasteiger partial charge in [-0.15, -0.1) is 0 Å². The zero-order valence-corrected chi connectivity index (χ0v) is 17.9. The quantitative estimate of drug-likeness (QED) is 0.511. The van der Waals surface area contributed by atoms with Gasteiger partial charge >= 0.3 is 0 Å². The first-order valence-electron chi connectivity index (χ1n) is 10.1. The fourth-order valence-electron chi connectivity index (χ4n) is 2.50. The van der Waals surface area contributed by atoms with Crippen molar-refractivity contribution < 1.29 is 0 Å². The number of aryl methyl sites for hydroxylation is 1. The van der Waals surface area contributed by atoms with E-state index in [0.29, 0.717) is 5.92 Å². The van der Waals surface area contributed by atoms with Crippen LogP contribution in [0.15, 0.2) is 48.5 Å². The van der Waals surface area contributed by atoms with Gasteiger partial charge in [0.15, 0.2) is 0 Å². The van der Waals surface area contributed by atoms with Crippen molar-refractivity contribution in [2.24, 2.45) is 5.92 Å². The van der Waals surface area contributed by atoms with Crippen molar-refractivity contribution in [3.05, 3.63) is 59.7 Å². The summed E-state index contributed by atoms with van der Waals surface area (Å²) in [5.74, 6) is 1.45. The first kappa shape index (κ1) is 23.4. The molecule has 2 aromatic rings. The molecule has 0 aliphatic carbocycles. The summed E-state index contributed by atoms with van der Waals surface area (Å²) in [6.07, 6.45) is 3.84. The molecule has 0 nitrogen and oxygen atoms in total. The molecule has 1 unspecified atom stereocenters. The van der Waals surface area contributed by atoms with Crippen LogP contribution >= 0.6 is 0 Å². The van der Waals surface area contributed by atoms with Gasteiger partial charge in [-0.2, -0.15) is 0 Å². The highest BCUT2D eigenvalue weighted by Gasteiger charge is 2.07. The highest BCUT2D eigenvalue weighted by atomic mass is 14.1. The van der Waals surface area contributed by atoms with E-state index in [0.717, 1.165) is 5.92 Å². The van der Waals surface area contributed by atoms with Crippen LogP contribution in [-0.4, -0.2) is 0 Å². The summed E-state index contributed by atoms with van der Waals surface area (Å²) in [4.78, 5) is 0. The highest BCUT2D eigenvalue weighted by Crippen LogP contribution is 2.26. The third kappa shape index (κ3) is 9.48. The molecule has 0 heteroatoms. The number of hydrogen-bond donors (Lipinski definition) is 0. The number of rotatable bonds is 5. The van der Waals surface area contributed by atoms with Gasteiger partial charge in [0.05, 0.1) is 0 Å². The van der Waals surface area contributed by atoms with E-state index in [1.165, 1.54) is 41.5 Å². The fourth-order valence-corrected chi connectivity index (χ4v) is 2.50. The molecule has 1 atom stereocenters. The lowest BCUT2D eigenvalue weighted by Crippen LogP contribution is -1.96. The van der Waals surface area contributed by atoms with E-state index in [2.05, 4.69) is 90.1 Å². The standard InChI is InChI=1S/C20H26.C3H8.C2H6/c1-15(2)5-8-17(4)18-11-13-20(14-12-18)19-9-6-16(3)7-10-19;1-3-2;1-2/h6-7,9-15,17H,5,8H2,1-4H3;3H2,1-2H3;1-2H3. The van der Waals surface area contributed by atoms with Gasteiger partial charge in [0.1, 0.15) is 0 Å². The van der Waals surface area contributed by atoms with Gasteiger partial charge in [-0.1, -0.05) is 115 Å². The maximum Gasteiger partial charge on any atom is -0.0184 e. The van der Waals surface area contributed by atoms with Crippen molar-refractivity contribution in [3.63, 3.8) is 0 Å². The van der Waals surface area contributed by atoms with Crippen molar-refractivity contribution >= 4 is 0 Å². The van der Waals surface area contributed by atoms with Gasteiger partial charge in [0.2, 0.25) is 0 Å². The first-order valence-corrected chi connectivity index (χ1v) is 10.1. The molecule has 0 aromatic heterocycles. The second-order valence-electron chi connectivity index (χ2n) is 7.07. The monoisotopic (exact) mass is 340 g/mol. The Labute approximate surface area is 157 Å². The van der Waals surface area contributed by atoms with Crippen molar-refractivity contribution in [2.75, 3.05) is 0 Å². The van der Waals surface area contributed by atoms with Gasteiger partial charge in [-0.05, 0) is 41.9 Å². The Morgan fingerprint density at radius 1 is 0.680 bits per heavy atom. The van der Waals surface area contributed by atoms with Crippen molar-refractivity contribution in [1.29, 1.82) is 0 Å². The Bertz CT molecular complexity index is 531. The minimum Gasteiger partial charge on any atom is -0.0683 e. The minimum absolute atomic E-state index is 0.657. The van der Waals surface area contributed by atoms with Gasteiger partial charge in [-0.25, -0.2) is 0 Å². The van der Waals surface area contributed by atoms with Crippen LogP contribution in [0.1, 0.15) is 84.8 Å². The summed E-state index contributed by atoms with van der Waals surface area (Å²) in [5, 5.41) is 0. The maximum absolute atomic E-state index is 2.34. The average molecular weight is 341 g/mol. The summed E-state index contributed by atoms with van der Waals surface area (Å²) in [6, 6.07) is 17.8. The van der Waals surface area contributed by atoms with Crippen molar-refractivity contribution in [2.45, 2.75) is 80.6 Å². The molecule has 140 valence electrons. The topological polar surface area (TPSA) is 0 Å². The number of hydrogen-bond acceptors (Lipinski definition) is 0. The van der Waals surface area contributed by atoms with Crippen LogP contribution in [0, 0.1) is 12.8 Å². The molecule has 0 spiro atoms. The molecule has 0 saturated carbocycles. The predicted molar refractivity (Wildman–Crippen MR) is 116 cm³/mol. The largest absolute Gasteiger partial charge is 0.0683 e. The summed E-state index contributed by atoms with van der Waals surface area (Å²) in [5.41, 5.74) is 5.39. The summed E-state index contributed by atoms with van der Waals surface area (Å²) >= 11 is 0. The third-order valence-corrected chi connectivity index (χ3v) is 4.04. The summed E-state index contributed by atoms with van der Waals surface area (Å²) < 4.78 is 0. The van der Waals surface area contributed by atoms with E-state index in [-0.39, 0.29) is 0 Å². The fraction of sp³-hybridized carbons (Fsp3) is 0.520. The third-order valence-electron chi connectivity index (χ3n) is 4.04. The molecule has 25 heavy (non-hydrogen) atoms. The molecular formula is C25H40. The van der Waals surface area contributed by atoms with Crippen LogP contribution in [0.3, 0.4) is 0 Å². The van der Waals surface area contributed by atoms with Crippen LogP contribution in [0.5, 0.6) is 0 Å². The van der Waals surface area contributed by atoms with Crippen LogP contribution in [0.2, 0.25) is 0 Å². The lowest BCUT2D eigenvalue weighted by atomic mass is 9.92. The molecule has 0 aliphatic heterocycles. The van der Waals surface area contributed by atoms with Crippen LogP contribution < -0.4 is 0 Å². The summed E-state index contributed by atoms with van der Waals surface area (Å²) in [7, 11) is 0. The molecule has 0 fully saturated rings. The van der Waals surface area contributed by atoms with E-state index in [9.17, 15) is 0 Å². The average Bonchev–Trinajstić information content (AvgIpc) is 2.63. The molecule has 0 aliphatic rings. The Kier molecular flexibility index (Phi) is 12.8. The molecule has 0 amide bonds. The van der Waals surface area contributed by atoms with E-state index in [1.807, 2.05) is 13.8 Å². The second-order valence-corrected chi connectivity index (χ2v) is 7.07. The SMILES string of the molecule is CC.CCC.Cc1ccc(-c2ccc(C(C)CCC(C)C)cc2)cc1. The highest BCUT2D eigenvalue weighted by molar-refractivity contribution is 5.64.